The topological polar surface area (TPSA) is 56.3 Å². The number of benzene rings is 1. The molecule has 0 atom stereocenters. The van der Waals surface area contributed by atoms with Gasteiger partial charge >= 0.3 is 0 Å². The normalized spacial score (nSPS) is 10.5. The van der Waals surface area contributed by atoms with Gasteiger partial charge in [-0.25, -0.2) is 0 Å². The van der Waals surface area contributed by atoms with E-state index in [0.29, 0.717) is 30.2 Å². The van der Waals surface area contributed by atoms with Crippen molar-refractivity contribution >= 4 is 5.95 Å². The first-order valence-corrected chi connectivity index (χ1v) is 6.92. The lowest BCUT2D eigenvalue weighted by Gasteiger charge is -2.10. The molecule has 1 aromatic carbocycles. The molecule has 0 aliphatic carbocycles. The van der Waals surface area contributed by atoms with Crippen LogP contribution in [0.5, 0.6) is 11.8 Å². The van der Waals surface area contributed by atoms with E-state index in [2.05, 4.69) is 53.4 Å². The summed E-state index contributed by atoms with van der Waals surface area (Å²) in [4.78, 5) is 8.47. The third-order valence-corrected chi connectivity index (χ3v) is 3.19. The predicted molar refractivity (Wildman–Crippen MR) is 83.0 cm³/mol. The van der Waals surface area contributed by atoms with Crippen molar-refractivity contribution in [3.63, 3.8) is 0 Å². The fourth-order valence-electron chi connectivity index (χ4n) is 1.89. The molecule has 2 aromatic rings. The summed E-state index contributed by atoms with van der Waals surface area (Å²) in [6.45, 7) is 5.02. The minimum Gasteiger partial charge on any atom is -0.481 e. The Kier molecular flexibility index (Phi) is 4.98. The van der Waals surface area contributed by atoms with E-state index in [1.165, 1.54) is 11.1 Å². The average molecular weight is 287 g/mol. The molecular formula is C16H21N3O2. The summed E-state index contributed by atoms with van der Waals surface area (Å²) >= 11 is 0. The molecule has 0 spiro atoms. The number of methoxy groups -OCH3 is 2. The van der Waals surface area contributed by atoms with Gasteiger partial charge in [-0.2, -0.15) is 9.97 Å². The van der Waals surface area contributed by atoms with Crippen molar-refractivity contribution in [2.75, 3.05) is 19.5 Å². The number of nitrogens with zero attached hydrogens (tertiary/aromatic N) is 2. The highest BCUT2D eigenvalue weighted by Gasteiger charge is 2.05. The summed E-state index contributed by atoms with van der Waals surface area (Å²) in [7, 11) is 3.13. The van der Waals surface area contributed by atoms with Gasteiger partial charge in [0.25, 0.3) is 0 Å². The fraction of sp³-hybridized carbons (Fsp3) is 0.375. The number of hydrogen-bond donors (Lipinski definition) is 1. The van der Waals surface area contributed by atoms with Crippen LogP contribution in [0.4, 0.5) is 5.95 Å². The number of nitrogens with one attached hydrogen (secondary N) is 1. The zero-order valence-corrected chi connectivity index (χ0v) is 12.9. The summed E-state index contributed by atoms with van der Waals surface area (Å²) in [5.41, 5.74) is 2.50. The van der Waals surface area contributed by atoms with Gasteiger partial charge in [-0.05, 0) is 17.0 Å². The highest BCUT2D eigenvalue weighted by Crippen LogP contribution is 2.18. The number of rotatable bonds is 6. The molecule has 1 N–H and O–H groups in total. The lowest BCUT2D eigenvalue weighted by Crippen LogP contribution is -2.05. The molecule has 0 saturated carbocycles. The Balaban J connectivity index is 2.05. The van der Waals surface area contributed by atoms with Crippen molar-refractivity contribution < 1.29 is 9.47 Å². The first-order valence-electron chi connectivity index (χ1n) is 6.92. The van der Waals surface area contributed by atoms with Crippen LogP contribution in [0.25, 0.3) is 0 Å². The monoisotopic (exact) mass is 287 g/mol. The maximum Gasteiger partial charge on any atom is 0.229 e. The van der Waals surface area contributed by atoms with E-state index >= 15 is 0 Å². The summed E-state index contributed by atoms with van der Waals surface area (Å²) in [5, 5.41) is 3.18. The second-order valence-electron chi connectivity index (χ2n) is 5.03. The Morgan fingerprint density at radius 3 is 2.05 bits per heavy atom. The third kappa shape index (κ3) is 4.08. The van der Waals surface area contributed by atoms with E-state index in [0.717, 1.165) is 0 Å². The van der Waals surface area contributed by atoms with Gasteiger partial charge in [0.1, 0.15) is 0 Å². The SMILES string of the molecule is COc1cc(OC)nc(NCc2ccc(C(C)C)cc2)n1. The molecule has 0 radical (unpaired) electrons. The summed E-state index contributed by atoms with van der Waals surface area (Å²) in [5.74, 6) is 1.97. The van der Waals surface area contributed by atoms with Crippen LogP contribution in [0.1, 0.15) is 30.9 Å². The number of ether oxygens (including phenoxy) is 2. The molecule has 1 heterocycles. The van der Waals surface area contributed by atoms with Crippen LogP contribution in [-0.2, 0) is 6.54 Å². The van der Waals surface area contributed by atoms with Gasteiger partial charge in [0, 0.05) is 6.54 Å². The Morgan fingerprint density at radius 1 is 1.00 bits per heavy atom. The molecule has 2 rings (SSSR count). The van der Waals surface area contributed by atoms with Crippen LogP contribution >= 0.6 is 0 Å². The van der Waals surface area contributed by atoms with E-state index in [9.17, 15) is 0 Å². The molecule has 0 fully saturated rings. The highest BCUT2D eigenvalue weighted by molar-refractivity contribution is 5.35. The first-order chi connectivity index (χ1) is 10.1. The van der Waals surface area contributed by atoms with E-state index < -0.39 is 0 Å². The molecule has 0 unspecified atom stereocenters. The lowest BCUT2D eigenvalue weighted by atomic mass is 10.0. The minimum atomic E-state index is 0.472. The Morgan fingerprint density at radius 2 is 1.57 bits per heavy atom. The molecule has 0 aliphatic heterocycles. The van der Waals surface area contributed by atoms with Gasteiger partial charge in [-0.3, -0.25) is 0 Å². The molecule has 0 bridgehead atoms. The Hall–Kier alpha value is -2.30. The molecule has 1 aromatic heterocycles. The number of anilines is 1. The highest BCUT2D eigenvalue weighted by atomic mass is 16.5. The molecular weight excluding hydrogens is 266 g/mol. The average Bonchev–Trinajstić information content (AvgIpc) is 2.52. The minimum absolute atomic E-state index is 0.472. The first kappa shape index (κ1) is 15.1. The second-order valence-corrected chi connectivity index (χ2v) is 5.03. The molecule has 0 saturated heterocycles. The van der Waals surface area contributed by atoms with E-state index in [1.807, 2.05) is 0 Å². The zero-order chi connectivity index (χ0) is 15.2. The molecule has 5 nitrogen and oxygen atoms in total. The van der Waals surface area contributed by atoms with Crippen molar-refractivity contribution in [2.24, 2.45) is 0 Å². The zero-order valence-electron chi connectivity index (χ0n) is 12.9. The van der Waals surface area contributed by atoms with E-state index in [4.69, 9.17) is 9.47 Å². The van der Waals surface area contributed by atoms with Crippen molar-refractivity contribution in [1.29, 1.82) is 0 Å². The van der Waals surface area contributed by atoms with Crippen molar-refractivity contribution in [3.05, 3.63) is 41.5 Å². The smallest absolute Gasteiger partial charge is 0.229 e. The van der Waals surface area contributed by atoms with Crippen LogP contribution in [-0.4, -0.2) is 24.2 Å². The van der Waals surface area contributed by atoms with Crippen molar-refractivity contribution in [1.82, 2.24) is 9.97 Å². The van der Waals surface area contributed by atoms with Crippen LogP contribution in [0.3, 0.4) is 0 Å². The third-order valence-electron chi connectivity index (χ3n) is 3.19. The van der Waals surface area contributed by atoms with Crippen LogP contribution < -0.4 is 14.8 Å². The quantitative estimate of drug-likeness (QED) is 0.884. The number of aromatic nitrogens is 2. The molecule has 112 valence electrons. The van der Waals surface area contributed by atoms with Gasteiger partial charge in [-0.1, -0.05) is 38.1 Å². The maximum atomic E-state index is 5.12. The van der Waals surface area contributed by atoms with E-state index in [1.54, 1.807) is 20.3 Å². The summed E-state index contributed by atoms with van der Waals surface area (Å²) in [6.07, 6.45) is 0. The van der Waals surface area contributed by atoms with Crippen molar-refractivity contribution in [2.45, 2.75) is 26.3 Å². The fourth-order valence-corrected chi connectivity index (χ4v) is 1.89. The summed E-state index contributed by atoms with van der Waals surface area (Å²) < 4.78 is 10.2. The van der Waals surface area contributed by atoms with E-state index in [-0.39, 0.29) is 0 Å². The van der Waals surface area contributed by atoms with Gasteiger partial charge in [-0.15, -0.1) is 0 Å². The van der Waals surface area contributed by atoms with Crippen molar-refractivity contribution in [3.8, 4) is 11.8 Å². The molecule has 21 heavy (non-hydrogen) atoms. The molecule has 0 aliphatic rings. The van der Waals surface area contributed by atoms with Gasteiger partial charge in [0.05, 0.1) is 20.3 Å². The van der Waals surface area contributed by atoms with Crippen LogP contribution in [0.15, 0.2) is 30.3 Å². The van der Waals surface area contributed by atoms with Gasteiger partial charge in [0.2, 0.25) is 17.7 Å². The van der Waals surface area contributed by atoms with Crippen LogP contribution in [0, 0.1) is 0 Å². The van der Waals surface area contributed by atoms with Crippen LogP contribution in [0.2, 0.25) is 0 Å². The standard InChI is InChI=1S/C16H21N3O2/c1-11(2)13-7-5-12(6-8-13)10-17-16-18-14(20-3)9-15(19-16)21-4/h5-9,11H,10H2,1-4H3,(H,17,18,19). The Bertz CT molecular complexity index is 560. The predicted octanol–water partition coefficient (Wildman–Crippen LogP) is 3.23. The second kappa shape index (κ2) is 6.92. The molecule has 0 amide bonds. The maximum absolute atomic E-state index is 5.12. The summed E-state index contributed by atoms with van der Waals surface area (Å²) in [6, 6.07) is 10.2. The van der Waals surface area contributed by atoms with Gasteiger partial charge in [0.15, 0.2) is 0 Å². The molecule has 5 heteroatoms. The Labute approximate surface area is 125 Å². The largest absolute Gasteiger partial charge is 0.481 e. The number of hydrogen-bond acceptors (Lipinski definition) is 5. The van der Waals surface area contributed by atoms with Gasteiger partial charge < -0.3 is 14.8 Å². The lowest BCUT2D eigenvalue weighted by molar-refractivity contribution is 0.373.